The molecule has 0 amide bonds. The third-order valence-electron chi connectivity index (χ3n) is 2.15. The van der Waals surface area contributed by atoms with Crippen molar-refractivity contribution in [2.75, 3.05) is 40.9 Å². The summed E-state index contributed by atoms with van der Waals surface area (Å²) in [5, 5.41) is 11.4. The molecule has 0 aliphatic heterocycles. The van der Waals surface area contributed by atoms with Gasteiger partial charge in [-0.3, -0.25) is 4.68 Å². The highest BCUT2D eigenvalue weighted by atomic mass is 16.5. The Morgan fingerprint density at radius 2 is 2.31 bits per heavy atom. The Morgan fingerprint density at radius 1 is 1.50 bits per heavy atom. The van der Waals surface area contributed by atoms with Crippen LogP contribution in [0.3, 0.4) is 0 Å². The van der Waals surface area contributed by atoms with Gasteiger partial charge in [-0.15, -0.1) is 5.10 Å². The molecule has 16 heavy (non-hydrogen) atoms. The average Bonchev–Trinajstić information content (AvgIpc) is 2.70. The zero-order chi connectivity index (χ0) is 11.8. The average molecular weight is 227 g/mol. The van der Waals surface area contributed by atoms with Crippen LogP contribution in [0, 0.1) is 0 Å². The van der Waals surface area contributed by atoms with E-state index < -0.39 is 0 Å². The summed E-state index contributed by atoms with van der Waals surface area (Å²) in [5.41, 5.74) is 0.967. The van der Waals surface area contributed by atoms with E-state index in [1.54, 1.807) is 7.11 Å². The smallest absolute Gasteiger partial charge is 0.0964 e. The summed E-state index contributed by atoms with van der Waals surface area (Å²) < 4.78 is 6.81. The zero-order valence-electron chi connectivity index (χ0n) is 10.3. The Labute approximate surface area is 96.6 Å². The number of rotatable bonds is 8. The lowest BCUT2D eigenvalue weighted by Crippen LogP contribution is -2.19. The van der Waals surface area contributed by atoms with Crippen LogP contribution in [0.25, 0.3) is 0 Å². The van der Waals surface area contributed by atoms with Crippen molar-refractivity contribution in [3.05, 3.63) is 11.9 Å². The molecule has 6 heteroatoms. The molecule has 0 aromatic carbocycles. The summed E-state index contributed by atoms with van der Waals surface area (Å²) >= 11 is 0. The largest absolute Gasteiger partial charge is 0.383 e. The lowest BCUT2D eigenvalue weighted by atomic mass is 10.4. The minimum absolute atomic E-state index is 0.717. The summed E-state index contributed by atoms with van der Waals surface area (Å²) in [6.07, 6.45) is 1.98. The van der Waals surface area contributed by atoms with Gasteiger partial charge in [-0.2, -0.15) is 0 Å². The summed E-state index contributed by atoms with van der Waals surface area (Å²) in [5.74, 6) is 0. The van der Waals surface area contributed by atoms with E-state index >= 15 is 0 Å². The molecule has 1 aromatic rings. The summed E-state index contributed by atoms with van der Waals surface area (Å²) in [7, 11) is 5.79. The normalized spacial score (nSPS) is 11.2. The second-order valence-corrected chi connectivity index (χ2v) is 3.95. The van der Waals surface area contributed by atoms with Crippen LogP contribution in [-0.2, 0) is 17.8 Å². The van der Waals surface area contributed by atoms with Gasteiger partial charge in [-0.25, -0.2) is 0 Å². The Bertz CT molecular complexity index is 286. The maximum Gasteiger partial charge on any atom is 0.0964 e. The molecule has 1 aromatic heterocycles. The van der Waals surface area contributed by atoms with Crippen LogP contribution in [0.2, 0.25) is 0 Å². The minimum Gasteiger partial charge on any atom is -0.383 e. The van der Waals surface area contributed by atoms with Gasteiger partial charge in [0.25, 0.3) is 0 Å². The number of methoxy groups -OCH3 is 1. The molecule has 0 unspecified atom stereocenters. The Hall–Kier alpha value is -0.980. The molecule has 1 heterocycles. The number of hydrogen-bond donors (Lipinski definition) is 1. The van der Waals surface area contributed by atoms with E-state index in [4.69, 9.17) is 4.74 Å². The molecule has 0 saturated carbocycles. The van der Waals surface area contributed by atoms with Gasteiger partial charge in [-0.05, 0) is 14.1 Å². The Morgan fingerprint density at radius 3 is 3.00 bits per heavy atom. The molecule has 0 bridgehead atoms. The molecule has 1 N–H and O–H groups in total. The molecule has 92 valence electrons. The molecule has 0 aliphatic rings. The molecular formula is C10H21N5O. The van der Waals surface area contributed by atoms with E-state index in [-0.39, 0.29) is 0 Å². The number of nitrogens with zero attached hydrogens (tertiary/aromatic N) is 4. The molecule has 0 saturated heterocycles. The van der Waals surface area contributed by atoms with Crippen LogP contribution >= 0.6 is 0 Å². The molecular weight excluding hydrogens is 206 g/mol. The van der Waals surface area contributed by atoms with Crippen molar-refractivity contribution < 1.29 is 4.74 Å². The first-order chi connectivity index (χ1) is 7.72. The maximum atomic E-state index is 4.94. The number of ether oxygens (including phenoxy) is 1. The van der Waals surface area contributed by atoms with Crippen LogP contribution in [0.15, 0.2) is 6.20 Å². The molecule has 0 radical (unpaired) electrons. The Balaban J connectivity index is 2.22. The van der Waals surface area contributed by atoms with Gasteiger partial charge in [-0.1, -0.05) is 5.21 Å². The van der Waals surface area contributed by atoms with Gasteiger partial charge in [0.05, 0.1) is 18.8 Å². The van der Waals surface area contributed by atoms with Crippen LogP contribution in [0.4, 0.5) is 0 Å². The highest BCUT2D eigenvalue weighted by molar-refractivity contribution is 4.91. The second-order valence-electron chi connectivity index (χ2n) is 3.95. The van der Waals surface area contributed by atoms with E-state index in [0.29, 0.717) is 0 Å². The standard InChI is InChI=1S/C10H21N5O/c1-14(2)5-6-15-9-10(12-13-15)8-11-4-7-16-3/h9,11H,4-8H2,1-3H3. The topological polar surface area (TPSA) is 55.2 Å². The second kappa shape index (κ2) is 7.32. The van der Waals surface area contributed by atoms with Gasteiger partial charge < -0.3 is 15.0 Å². The molecule has 0 fully saturated rings. The van der Waals surface area contributed by atoms with E-state index in [9.17, 15) is 0 Å². The first kappa shape index (κ1) is 13.1. The van der Waals surface area contributed by atoms with Gasteiger partial charge in [0.2, 0.25) is 0 Å². The highest BCUT2D eigenvalue weighted by Gasteiger charge is 2.00. The first-order valence-electron chi connectivity index (χ1n) is 5.45. The molecule has 0 atom stereocenters. The summed E-state index contributed by atoms with van der Waals surface area (Å²) in [6.45, 7) is 4.14. The molecule has 1 rings (SSSR count). The van der Waals surface area contributed by atoms with Crippen LogP contribution in [-0.4, -0.2) is 60.8 Å². The number of hydrogen-bond acceptors (Lipinski definition) is 5. The van der Waals surface area contributed by atoms with Gasteiger partial charge in [0, 0.05) is 32.9 Å². The summed E-state index contributed by atoms with van der Waals surface area (Å²) in [6, 6.07) is 0. The maximum absolute atomic E-state index is 4.94. The summed E-state index contributed by atoms with van der Waals surface area (Å²) in [4.78, 5) is 2.12. The van der Waals surface area contributed by atoms with E-state index in [0.717, 1.165) is 38.5 Å². The lowest BCUT2D eigenvalue weighted by molar-refractivity contribution is 0.199. The quantitative estimate of drug-likeness (QED) is 0.611. The fourth-order valence-electron chi connectivity index (χ4n) is 1.22. The molecule has 0 aliphatic carbocycles. The molecule has 0 spiro atoms. The van der Waals surface area contributed by atoms with Gasteiger partial charge >= 0.3 is 0 Å². The molecule has 6 nitrogen and oxygen atoms in total. The van der Waals surface area contributed by atoms with Gasteiger partial charge in [0.1, 0.15) is 0 Å². The predicted molar refractivity (Wildman–Crippen MR) is 62.2 cm³/mol. The van der Waals surface area contributed by atoms with Crippen molar-refractivity contribution in [1.82, 2.24) is 25.2 Å². The first-order valence-corrected chi connectivity index (χ1v) is 5.45. The fourth-order valence-corrected chi connectivity index (χ4v) is 1.22. The number of likely N-dealkylation sites (N-methyl/N-ethyl adjacent to an activating group) is 1. The fraction of sp³-hybridized carbons (Fsp3) is 0.800. The van der Waals surface area contributed by atoms with Crippen LogP contribution in [0.5, 0.6) is 0 Å². The number of aromatic nitrogens is 3. The predicted octanol–water partition coefficient (Wildman–Crippen LogP) is -0.424. The SMILES string of the molecule is COCCNCc1cn(CCN(C)C)nn1. The van der Waals surface area contributed by atoms with Crippen molar-refractivity contribution in [2.24, 2.45) is 0 Å². The van der Waals surface area contributed by atoms with Crippen molar-refractivity contribution in [3.63, 3.8) is 0 Å². The van der Waals surface area contributed by atoms with E-state index in [1.165, 1.54) is 0 Å². The lowest BCUT2D eigenvalue weighted by Gasteiger charge is -2.07. The van der Waals surface area contributed by atoms with Crippen molar-refractivity contribution in [1.29, 1.82) is 0 Å². The monoisotopic (exact) mass is 227 g/mol. The third-order valence-corrected chi connectivity index (χ3v) is 2.15. The van der Waals surface area contributed by atoms with E-state index in [1.807, 2.05) is 25.0 Å². The van der Waals surface area contributed by atoms with E-state index in [2.05, 4.69) is 20.5 Å². The van der Waals surface area contributed by atoms with Crippen LogP contribution in [0.1, 0.15) is 5.69 Å². The highest BCUT2D eigenvalue weighted by Crippen LogP contribution is 1.92. The van der Waals surface area contributed by atoms with Crippen molar-refractivity contribution in [2.45, 2.75) is 13.1 Å². The van der Waals surface area contributed by atoms with Crippen molar-refractivity contribution in [3.8, 4) is 0 Å². The third kappa shape index (κ3) is 5.20. The Kier molecular flexibility index (Phi) is 5.99. The number of nitrogens with one attached hydrogen (secondary N) is 1. The van der Waals surface area contributed by atoms with Gasteiger partial charge in [0.15, 0.2) is 0 Å². The zero-order valence-corrected chi connectivity index (χ0v) is 10.3. The minimum atomic E-state index is 0.717. The van der Waals surface area contributed by atoms with Crippen LogP contribution < -0.4 is 5.32 Å². The van der Waals surface area contributed by atoms with Crippen molar-refractivity contribution >= 4 is 0 Å².